The molecule has 0 fully saturated rings. The first-order chi connectivity index (χ1) is 12.0. The van der Waals surface area contributed by atoms with Crippen LogP contribution in [0.1, 0.15) is 11.3 Å². The summed E-state index contributed by atoms with van der Waals surface area (Å²) in [5.74, 6) is 0. The first-order valence-corrected chi connectivity index (χ1v) is 10.7. The van der Waals surface area contributed by atoms with Crippen LogP contribution >= 0.6 is 23.1 Å². The van der Waals surface area contributed by atoms with Crippen LogP contribution in [-0.4, -0.2) is 13.4 Å². The molecule has 0 aliphatic carbocycles. The van der Waals surface area contributed by atoms with Crippen LogP contribution < -0.4 is 4.72 Å². The molecule has 0 bridgehead atoms. The largest absolute Gasteiger partial charge is 0.280 e. The molecular weight excluding hydrogens is 372 g/mol. The second-order valence-electron chi connectivity index (χ2n) is 5.24. The topological polar surface area (TPSA) is 59.1 Å². The van der Waals surface area contributed by atoms with Gasteiger partial charge in [0.1, 0.15) is 0 Å². The number of aromatic nitrogens is 1. The van der Waals surface area contributed by atoms with E-state index in [9.17, 15) is 8.42 Å². The zero-order valence-electron chi connectivity index (χ0n) is 13.4. The van der Waals surface area contributed by atoms with Crippen LogP contribution in [0.15, 0.2) is 74.6 Å². The molecule has 0 spiro atoms. The molecule has 0 saturated carbocycles. The normalized spacial score (nSPS) is 11.7. The van der Waals surface area contributed by atoms with Crippen molar-refractivity contribution in [1.82, 2.24) is 4.98 Å². The van der Waals surface area contributed by atoms with Gasteiger partial charge in [-0.2, -0.15) is 0 Å². The maximum atomic E-state index is 12.1. The van der Waals surface area contributed by atoms with Crippen LogP contribution in [0.3, 0.4) is 0 Å². The highest BCUT2D eigenvalue weighted by Gasteiger charge is 2.07. The summed E-state index contributed by atoms with van der Waals surface area (Å²) in [5, 5.41) is 3.17. The maximum absolute atomic E-state index is 12.1. The summed E-state index contributed by atoms with van der Waals surface area (Å²) in [6.07, 6.45) is 1.57. The standard InChI is InChI=1S/C18H16N2O2S3/c1-14-13-23-18(19-14)24-17-9-7-16(8-10-17)20-25(21,22)12-11-15-5-3-2-4-6-15/h2-13,20H,1H3/b12-11+. The van der Waals surface area contributed by atoms with E-state index in [4.69, 9.17) is 0 Å². The van der Waals surface area contributed by atoms with E-state index < -0.39 is 10.0 Å². The Labute approximate surface area is 155 Å². The highest BCUT2D eigenvalue weighted by Crippen LogP contribution is 2.31. The molecule has 0 saturated heterocycles. The number of nitrogens with zero attached hydrogens (tertiary/aromatic N) is 1. The predicted molar refractivity (Wildman–Crippen MR) is 105 cm³/mol. The van der Waals surface area contributed by atoms with Crippen molar-refractivity contribution < 1.29 is 8.42 Å². The van der Waals surface area contributed by atoms with Gasteiger partial charge in [0, 0.05) is 21.7 Å². The second-order valence-corrected chi connectivity index (χ2v) is 8.99. The second kappa shape index (κ2) is 7.86. The summed E-state index contributed by atoms with van der Waals surface area (Å²) < 4.78 is 27.8. The Hall–Kier alpha value is -2.09. The number of hydrogen-bond donors (Lipinski definition) is 1. The van der Waals surface area contributed by atoms with E-state index in [0.717, 1.165) is 20.5 Å². The Balaban J connectivity index is 1.65. The lowest BCUT2D eigenvalue weighted by atomic mass is 10.2. The summed E-state index contributed by atoms with van der Waals surface area (Å²) in [5.41, 5.74) is 2.36. The molecular formula is C18H16N2O2S3. The molecule has 1 N–H and O–H groups in total. The number of anilines is 1. The quantitative estimate of drug-likeness (QED) is 0.644. The van der Waals surface area contributed by atoms with E-state index >= 15 is 0 Å². The maximum Gasteiger partial charge on any atom is 0.255 e. The number of benzene rings is 2. The zero-order valence-corrected chi connectivity index (χ0v) is 15.9. The van der Waals surface area contributed by atoms with Gasteiger partial charge in [-0.15, -0.1) is 11.3 Å². The Morgan fingerprint density at radius 2 is 1.80 bits per heavy atom. The number of thiazole rings is 1. The van der Waals surface area contributed by atoms with Gasteiger partial charge in [0.25, 0.3) is 10.0 Å². The molecule has 128 valence electrons. The molecule has 3 rings (SSSR count). The van der Waals surface area contributed by atoms with E-state index in [1.54, 1.807) is 41.3 Å². The average Bonchev–Trinajstić information content (AvgIpc) is 3.01. The fourth-order valence-corrected chi connectivity index (χ4v) is 4.68. The predicted octanol–water partition coefficient (Wildman–Crippen LogP) is 5.02. The summed E-state index contributed by atoms with van der Waals surface area (Å²) >= 11 is 3.15. The van der Waals surface area contributed by atoms with Crippen molar-refractivity contribution >= 4 is 44.9 Å². The minimum Gasteiger partial charge on any atom is -0.280 e. The van der Waals surface area contributed by atoms with Crippen LogP contribution in [0, 0.1) is 6.92 Å². The van der Waals surface area contributed by atoms with E-state index in [2.05, 4.69) is 9.71 Å². The van der Waals surface area contributed by atoms with Crippen molar-refractivity contribution in [3.8, 4) is 0 Å². The lowest BCUT2D eigenvalue weighted by Gasteiger charge is -2.05. The van der Waals surface area contributed by atoms with Crippen LogP contribution in [0.4, 0.5) is 5.69 Å². The molecule has 0 atom stereocenters. The van der Waals surface area contributed by atoms with Gasteiger partial charge in [-0.3, -0.25) is 4.72 Å². The molecule has 2 aromatic carbocycles. The van der Waals surface area contributed by atoms with Crippen LogP contribution in [0.2, 0.25) is 0 Å². The zero-order chi connectivity index (χ0) is 17.7. The third kappa shape index (κ3) is 5.45. The molecule has 1 aromatic heterocycles. The Morgan fingerprint density at radius 1 is 1.08 bits per heavy atom. The minimum absolute atomic E-state index is 0.525. The van der Waals surface area contributed by atoms with Gasteiger partial charge < -0.3 is 0 Å². The summed E-state index contributed by atoms with van der Waals surface area (Å²) in [7, 11) is -3.55. The van der Waals surface area contributed by atoms with Crippen molar-refractivity contribution in [2.75, 3.05) is 4.72 Å². The smallest absolute Gasteiger partial charge is 0.255 e. The number of sulfonamides is 1. The minimum atomic E-state index is -3.55. The van der Waals surface area contributed by atoms with Gasteiger partial charge in [0.15, 0.2) is 4.34 Å². The molecule has 7 heteroatoms. The SMILES string of the molecule is Cc1csc(Sc2ccc(NS(=O)(=O)/C=C/c3ccccc3)cc2)n1. The van der Waals surface area contributed by atoms with E-state index in [-0.39, 0.29) is 0 Å². The Kier molecular flexibility index (Phi) is 5.57. The molecule has 0 amide bonds. The van der Waals surface area contributed by atoms with E-state index in [0.29, 0.717) is 5.69 Å². The van der Waals surface area contributed by atoms with E-state index in [1.807, 2.05) is 54.8 Å². The third-order valence-electron chi connectivity index (χ3n) is 3.16. The van der Waals surface area contributed by atoms with Gasteiger partial charge in [-0.25, -0.2) is 13.4 Å². The van der Waals surface area contributed by atoms with E-state index in [1.165, 1.54) is 5.41 Å². The average molecular weight is 389 g/mol. The summed E-state index contributed by atoms with van der Waals surface area (Å²) in [6, 6.07) is 16.5. The van der Waals surface area contributed by atoms with Crippen molar-refractivity contribution in [1.29, 1.82) is 0 Å². The van der Waals surface area contributed by atoms with Crippen molar-refractivity contribution in [2.24, 2.45) is 0 Å². The molecule has 0 aliphatic heterocycles. The van der Waals surface area contributed by atoms with Crippen LogP contribution in [-0.2, 0) is 10.0 Å². The van der Waals surface area contributed by atoms with Crippen molar-refractivity contribution in [3.63, 3.8) is 0 Å². The molecule has 1 heterocycles. The van der Waals surface area contributed by atoms with Crippen molar-refractivity contribution in [3.05, 3.63) is 76.6 Å². The number of hydrogen-bond acceptors (Lipinski definition) is 5. The lowest BCUT2D eigenvalue weighted by Crippen LogP contribution is -2.08. The van der Waals surface area contributed by atoms with Crippen LogP contribution in [0.5, 0.6) is 0 Å². The molecule has 4 nitrogen and oxygen atoms in total. The number of rotatable bonds is 6. The summed E-state index contributed by atoms with van der Waals surface area (Å²) in [6.45, 7) is 1.96. The molecule has 25 heavy (non-hydrogen) atoms. The van der Waals surface area contributed by atoms with Crippen molar-refractivity contribution in [2.45, 2.75) is 16.2 Å². The highest BCUT2D eigenvalue weighted by molar-refractivity contribution is 8.01. The number of nitrogens with one attached hydrogen (secondary N) is 1. The number of aryl methyl sites for hydroxylation is 1. The van der Waals surface area contributed by atoms with Gasteiger partial charge >= 0.3 is 0 Å². The first kappa shape index (κ1) is 17.7. The molecule has 0 aliphatic rings. The van der Waals surface area contributed by atoms with Gasteiger partial charge in [-0.05, 0) is 42.8 Å². The fourth-order valence-electron chi connectivity index (χ4n) is 2.00. The molecule has 0 radical (unpaired) electrons. The van der Waals surface area contributed by atoms with Gasteiger partial charge in [0.2, 0.25) is 0 Å². The first-order valence-electron chi connectivity index (χ1n) is 7.46. The molecule has 3 aromatic rings. The Bertz CT molecular complexity index is 963. The highest BCUT2D eigenvalue weighted by atomic mass is 32.2. The third-order valence-corrected chi connectivity index (χ3v) is 6.24. The monoisotopic (exact) mass is 388 g/mol. The van der Waals surface area contributed by atoms with Gasteiger partial charge in [-0.1, -0.05) is 42.1 Å². The lowest BCUT2D eigenvalue weighted by molar-refractivity contribution is 0.609. The molecule has 0 unspecified atom stereocenters. The van der Waals surface area contributed by atoms with Gasteiger partial charge in [0.05, 0.1) is 5.41 Å². The Morgan fingerprint density at radius 3 is 2.44 bits per heavy atom. The van der Waals surface area contributed by atoms with Crippen LogP contribution in [0.25, 0.3) is 6.08 Å². The summed E-state index contributed by atoms with van der Waals surface area (Å²) in [4.78, 5) is 5.41. The fraction of sp³-hybridized carbons (Fsp3) is 0.0556.